The summed E-state index contributed by atoms with van der Waals surface area (Å²) in [6.45, 7) is 3.96. The average Bonchev–Trinajstić information content (AvgIpc) is 2.84. The zero-order chi connectivity index (χ0) is 25.6. The van der Waals surface area contributed by atoms with Gasteiger partial charge in [-0.1, -0.05) is 62.4 Å². The smallest absolute Gasteiger partial charge is 0.162 e. The van der Waals surface area contributed by atoms with Gasteiger partial charge in [-0.3, -0.25) is 15.1 Å². The van der Waals surface area contributed by atoms with Crippen LogP contribution in [0.15, 0.2) is 95.7 Å². The minimum atomic E-state index is -0.964. The van der Waals surface area contributed by atoms with Gasteiger partial charge in [-0.25, -0.2) is 8.78 Å². The third-order valence-electron chi connectivity index (χ3n) is 6.83. The molecule has 36 heavy (non-hydrogen) atoms. The zero-order valence-corrected chi connectivity index (χ0v) is 20.1. The first-order valence-corrected chi connectivity index (χ1v) is 11.8. The number of allylic oxidation sites excluding steroid dienone is 2. The van der Waals surface area contributed by atoms with Gasteiger partial charge in [-0.15, -0.1) is 0 Å². The van der Waals surface area contributed by atoms with Crippen molar-refractivity contribution in [3.8, 4) is 0 Å². The molecule has 0 spiro atoms. The number of Topliss-reactive ketones (excluding diaryl/α,β-unsaturated/α-hetero) is 1. The van der Waals surface area contributed by atoms with Gasteiger partial charge in [0.25, 0.3) is 0 Å². The molecule has 0 aromatic heterocycles. The van der Waals surface area contributed by atoms with Crippen molar-refractivity contribution in [2.75, 3.05) is 4.90 Å². The van der Waals surface area contributed by atoms with Crippen molar-refractivity contribution in [2.45, 2.75) is 32.6 Å². The van der Waals surface area contributed by atoms with Gasteiger partial charge in [0.2, 0.25) is 0 Å². The molecule has 1 atom stereocenters. The molecule has 3 aromatic rings. The first-order valence-electron chi connectivity index (χ1n) is 11.8. The van der Waals surface area contributed by atoms with Crippen molar-refractivity contribution >= 4 is 23.1 Å². The number of benzene rings is 3. The van der Waals surface area contributed by atoms with Crippen molar-refractivity contribution in [1.82, 2.24) is 0 Å². The fourth-order valence-corrected chi connectivity index (χ4v) is 5.26. The highest BCUT2D eigenvalue weighted by Gasteiger charge is 2.47. The van der Waals surface area contributed by atoms with Crippen molar-refractivity contribution in [3.05, 3.63) is 118 Å². The molecule has 0 saturated carbocycles. The number of aliphatic hydroxyl groups is 1. The van der Waals surface area contributed by atoms with E-state index in [0.29, 0.717) is 28.9 Å². The van der Waals surface area contributed by atoms with Crippen LogP contribution >= 0.6 is 0 Å². The number of amidine groups is 1. The van der Waals surface area contributed by atoms with Gasteiger partial charge >= 0.3 is 0 Å². The van der Waals surface area contributed by atoms with Crippen LogP contribution in [0.2, 0.25) is 0 Å². The Morgan fingerprint density at radius 2 is 1.58 bits per heavy atom. The Morgan fingerprint density at radius 1 is 0.944 bits per heavy atom. The van der Waals surface area contributed by atoms with Gasteiger partial charge in [0.1, 0.15) is 23.2 Å². The molecule has 3 aromatic carbocycles. The lowest BCUT2D eigenvalue weighted by Gasteiger charge is -2.45. The number of halogens is 2. The zero-order valence-electron chi connectivity index (χ0n) is 20.1. The van der Waals surface area contributed by atoms with E-state index in [1.165, 1.54) is 18.2 Å². The number of anilines is 1. The van der Waals surface area contributed by atoms with E-state index in [2.05, 4.69) is 0 Å². The molecule has 1 unspecified atom stereocenters. The maximum atomic E-state index is 15.3. The number of carbonyl (C=O) groups is 1. The summed E-state index contributed by atoms with van der Waals surface area (Å²) in [5, 5.41) is 20.8. The summed E-state index contributed by atoms with van der Waals surface area (Å²) < 4.78 is 29.1. The Bertz CT molecular complexity index is 1420. The third-order valence-corrected chi connectivity index (χ3v) is 6.83. The second kappa shape index (κ2) is 8.86. The summed E-state index contributed by atoms with van der Waals surface area (Å²) in [6.07, 6.45) is 0.707. The summed E-state index contributed by atoms with van der Waals surface area (Å²) in [5.41, 5.74) is 1.83. The van der Waals surface area contributed by atoms with E-state index in [0.717, 1.165) is 0 Å². The number of nitrogens with zero attached hydrogens (tertiary/aromatic N) is 1. The van der Waals surface area contributed by atoms with Crippen molar-refractivity contribution in [3.63, 3.8) is 0 Å². The van der Waals surface area contributed by atoms with Crippen LogP contribution in [0.3, 0.4) is 0 Å². The van der Waals surface area contributed by atoms with Gasteiger partial charge in [0, 0.05) is 46.0 Å². The number of rotatable bonds is 3. The molecular formula is C30H26F2N2O2. The van der Waals surface area contributed by atoms with Crippen LogP contribution in [-0.4, -0.2) is 16.7 Å². The van der Waals surface area contributed by atoms with E-state index in [-0.39, 0.29) is 34.9 Å². The van der Waals surface area contributed by atoms with Crippen molar-refractivity contribution < 1.29 is 18.7 Å². The molecular weight excluding hydrogens is 458 g/mol. The molecule has 1 aliphatic carbocycles. The quantitative estimate of drug-likeness (QED) is 0.388. The minimum absolute atomic E-state index is 0.0829. The average molecular weight is 485 g/mol. The lowest BCUT2D eigenvalue weighted by atomic mass is 9.67. The Morgan fingerprint density at radius 3 is 2.25 bits per heavy atom. The fourth-order valence-electron chi connectivity index (χ4n) is 5.26. The highest BCUT2D eigenvalue weighted by Crippen LogP contribution is 2.51. The standard InChI is InChI=1S/C30H26F2N2O2/c1-30(2)16-23-26(24(35)17-30)25(21-10-6-7-11-22(21)32)27(28(36)18-8-4-3-5-9-18)29(33)34(23)20-14-12-19(31)13-15-20/h3-15,25,33,36H,16-17H2,1-2H3/b28-27+,33-29?. The van der Waals surface area contributed by atoms with Crippen LogP contribution in [-0.2, 0) is 4.79 Å². The van der Waals surface area contributed by atoms with Gasteiger partial charge in [0.15, 0.2) is 5.78 Å². The van der Waals surface area contributed by atoms with E-state index in [4.69, 9.17) is 0 Å². The molecule has 0 saturated heterocycles. The number of aliphatic hydroxyl groups excluding tert-OH is 1. The van der Waals surface area contributed by atoms with Crippen LogP contribution in [0.25, 0.3) is 5.76 Å². The molecule has 2 aliphatic rings. The Labute approximate surface area is 208 Å². The van der Waals surface area contributed by atoms with Crippen LogP contribution in [0, 0.1) is 22.5 Å². The summed E-state index contributed by atoms with van der Waals surface area (Å²) in [7, 11) is 0. The predicted octanol–water partition coefficient (Wildman–Crippen LogP) is 7.16. The second-order valence-corrected chi connectivity index (χ2v) is 10.0. The maximum absolute atomic E-state index is 15.3. The van der Waals surface area contributed by atoms with Gasteiger partial charge < -0.3 is 5.11 Å². The molecule has 1 aliphatic heterocycles. The van der Waals surface area contributed by atoms with Crippen LogP contribution in [0.1, 0.15) is 43.7 Å². The Kier molecular flexibility index (Phi) is 5.83. The number of hydrogen-bond acceptors (Lipinski definition) is 3. The molecule has 0 bridgehead atoms. The first kappa shape index (κ1) is 23.7. The summed E-state index contributed by atoms with van der Waals surface area (Å²) in [4.78, 5) is 15.3. The van der Waals surface area contributed by atoms with E-state index < -0.39 is 23.0 Å². The molecule has 4 nitrogen and oxygen atoms in total. The van der Waals surface area contributed by atoms with E-state index in [1.807, 2.05) is 13.8 Å². The summed E-state index contributed by atoms with van der Waals surface area (Å²) >= 11 is 0. The normalized spacial score (nSPS) is 20.9. The van der Waals surface area contributed by atoms with Gasteiger partial charge in [-0.2, -0.15) is 0 Å². The van der Waals surface area contributed by atoms with Crippen LogP contribution in [0.4, 0.5) is 14.5 Å². The van der Waals surface area contributed by atoms with Crippen LogP contribution in [0.5, 0.6) is 0 Å². The number of ketones is 1. The van der Waals surface area contributed by atoms with Crippen molar-refractivity contribution in [2.24, 2.45) is 5.41 Å². The SMILES string of the molecule is CC1(C)CC(=O)C2=C(C1)N(c1ccc(F)cc1)C(=N)/C(=C(/O)c1ccccc1)C2c1ccccc1F. The van der Waals surface area contributed by atoms with E-state index >= 15 is 4.39 Å². The molecule has 1 heterocycles. The molecule has 6 heteroatoms. The second-order valence-electron chi connectivity index (χ2n) is 10.0. The fraction of sp³-hybridized carbons (Fsp3) is 0.200. The Balaban J connectivity index is 1.87. The first-order chi connectivity index (χ1) is 17.2. The molecule has 0 amide bonds. The largest absolute Gasteiger partial charge is 0.507 e. The molecule has 0 radical (unpaired) electrons. The van der Waals surface area contributed by atoms with Gasteiger partial charge in [0.05, 0.1) is 0 Å². The predicted molar refractivity (Wildman–Crippen MR) is 137 cm³/mol. The lowest BCUT2D eigenvalue weighted by molar-refractivity contribution is -0.118. The Hall–Kier alpha value is -4.06. The molecule has 182 valence electrons. The van der Waals surface area contributed by atoms with Crippen molar-refractivity contribution in [1.29, 1.82) is 5.41 Å². The topological polar surface area (TPSA) is 64.4 Å². The molecule has 2 N–H and O–H groups in total. The number of nitrogens with one attached hydrogen (secondary N) is 1. The summed E-state index contributed by atoms with van der Waals surface area (Å²) in [6, 6.07) is 20.6. The van der Waals surface area contributed by atoms with Gasteiger partial charge in [-0.05, 0) is 42.2 Å². The highest BCUT2D eigenvalue weighted by molar-refractivity contribution is 6.19. The van der Waals surface area contributed by atoms with E-state index in [9.17, 15) is 19.7 Å². The number of carbonyl (C=O) groups excluding carboxylic acids is 1. The maximum Gasteiger partial charge on any atom is 0.162 e. The monoisotopic (exact) mass is 484 g/mol. The molecule has 5 rings (SSSR count). The lowest BCUT2D eigenvalue weighted by Crippen LogP contribution is -2.45. The van der Waals surface area contributed by atoms with E-state index in [1.54, 1.807) is 65.6 Å². The minimum Gasteiger partial charge on any atom is -0.507 e. The highest BCUT2D eigenvalue weighted by atomic mass is 19.1. The summed E-state index contributed by atoms with van der Waals surface area (Å²) in [5.74, 6) is -2.36. The van der Waals surface area contributed by atoms with Crippen LogP contribution < -0.4 is 4.90 Å². The third kappa shape index (κ3) is 4.02. The molecule has 0 fully saturated rings. The number of hydrogen-bond donors (Lipinski definition) is 2.